The van der Waals surface area contributed by atoms with Crippen molar-refractivity contribution in [1.29, 1.82) is 0 Å². The van der Waals surface area contributed by atoms with Gasteiger partial charge in [0, 0.05) is 30.8 Å². The van der Waals surface area contributed by atoms with Gasteiger partial charge in [-0.3, -0.25) is 9.69 Å². The summed E-state index contributed by atoms with van der Waals surface area (Å²) >= 11 is 0. The minimum Gasteiger partial charge on any atom is -0.492 e. The van der Waals surface area contributed by atoms with Crippen LogP contribution in [0, 0.1) is 5.82 Å². The molecule has 1 fully saturated rings. The predicted octanol–water partition coefficient (Wildman–Crippen LogP) is 2.97. The molecule has 0 aliphatic heterocycles. The molecule has 126 valence electrons. The van der Waals surface area contributed by atoms with E-state index >= 15 is 0 Å². The molecule has 0 bridgehead atoms. The van der Waals surface area contributed by atoms with Crippen LogP contribution in [0.15, 0.2) is 48.5 Å². The highest BCUT2D eigenvalue weighted by atomic mass is 19.1. The Bertz CT molecular complexity index is 699. The molecule has 0 aromatic heterocycles. The number of nitrogens with zero attached hydrogens (tertiary/aromatic N) is 1. The van der Waals surface area contributed by atoms with Crippen LogP contribution in [0.5, 0.6) is 5.75 Å². The first-order valence-corrected chi connectivity index (χ1v) is 8.13. The zero-order chi connectivity index (χ0) is 16.9. The normalized spacial score (nSPS) is 13.9. The fraction of sp³-hybridized carbons (Fsp3) is 0.316. The molecule has 3 rings (SSSR count). The van der Waals surface area contributed by atoms with Crippen LogP contribution in [0.25, 0.3) is 0 Å². The number of rotatable bonds is 8. The average molecular weight is 328 g/mol. The standard InChI is InChI=1S/C19H21FN2O2/c20-16-2-1-3-18(12-16)24-11-10-22(17-8-9-17)13-14-4-6-15(7-5-14)19(21)23/h1-7,12,17H,8-11,13H2,(H2,21,23). The van der Waals surface area contributed by atoms with Gasteiger partial charge in [0.2, 0.25) is 5.91 Å². The molecule has 2 aromatic rings. The summed E-state index contributed by atoms with van der Waals surface area (Å²) in [6.07, 6.45) is 2.39. The maximum absolute atomic E-state index is 13.1. The molecular weight excluding hydrogens is 307 g/mol. The third kappa shape index (κ3) is 4.55. The highest BCUT2D eigenvalue weighted by molar-refractivity contribution is 5.92. The van der Waals surface area contributed by atoms with Crippen molar-refractivity contribution >= 4 is 5.91 Å². The van der Waals surface area contributed by atoms with E-state index in [0.717, 1.165) is 18.7 Å². The third-order valence-corrected chi connectivity index (χ3v) is 4.13. The lowest BCUT2D eigenvalue weighted by Crippen LogP contribution is -2.30. The van der Waals surface area contributed by atoms with Crippen molar-refractivity contribution in [2.45, 2.75) is 25.4 Å². The van der Waals surface area contributed by atoms with Crippen molar-refractivity contribution < 1.29 is 13.9 Å². The molecule has 0 saturated heterocycles. The predicted molar refractivity (Wildman–Crippen MR) is 90.3 cm³/mol. The fourth-order valence-corrected chi connectivity index (χ4v) is 2.68. The van der Waals surface area contributed by atoms with Crippen molar-refractivity contribution in [3.8, 4) is 5.75 Å². The van der Waals surface area contributed by atoms with E-state index in [1.807, 2.05) is 12.1 Å². The van der Waals surface area contributed by atoms with Crippen LogP contribution in [0.2, 0.25) is 0 Å². The second-order valence-electron chi connectivity index (χ2n) is 6.07. The SMILES string of the molecule is NC(=O)c1ccc(CN(CCOc2cccc(F)c2)C2CC2)cc1. The van der Waals surface area contributed by atoms with Gasteiger partial charge in [-0.15, -0.1) is 0 Å². The molecular formula is C19H21FN2O2. The Balaban J connectivity index is 1.54. The van der Waals surface area contributed by atoms with E-state index in [0.29, 0.717) is 24.0 Å². The van der Waals surface area contributed by atoms with E-state index in [1.165, 1.54) is 25.0 Å². The number of carbonyl (C=O) groups excluding carboxylic acids is 1. The minimum atomic E-state index is -0.413. The molecule has 2 N–H and O–H groups in total. The summed E-state index contributed by atoms with van der Waals surface area (Å²) in [7, 11) is 0. The van der Waals surface area contributed by atoms with Crippen LogP contribution in [0.3, 0.4) is 0 Å². The highest BCUT2D eigenvalue weighted by Gasteiger charge is 2.28. The summed E-state index contributed by atoms with van der Waals surface area (Å²) in [6, 6.07) is 14.2. The zero-order valence-electron chi connectivity index (χ0n) is 13.5. The average Bonchev–Trinajstić information content (AvgIpc) is 3.39. The van der Waals surface area contributed by atoms with Crippen LogP contribution in [-0.2, 0) is 6.54 Å². The van der Waals surface area contributed by atoms with Crippen molar-refractivity contribution in [2.24, 2.45) is 5.73 Å². The maximum Gasteiger partial charge on any atom is 0.248 e. The Kier molecular flexibility index (Phi) is 5.11. The van der Waals surface area contributed by atoms with Gasteiger partial charge in [0.15, 0.2) is 0 Å². The molecule has 0 heterocycles. The molecule has 1 aliphatic carbocycles. The molecule has 1 aliphatic rings. The number of halogens is 1. The number of carbonyl (C=O) groups is 1. The monoisotopic (exact) mass is 328 g/mol. The number of hydrogen-bond acceptors (Lipinski definition) is 3. The first kappa shape index (κ1) is 16.5. The Morgan fingerprint density at radius 2 is 1.96 bits per heavy atom. The summed E-state index contributed by atoms with van der Waals surface area (Å²) in [5, 5.41) is 0. The van der Waals surface area contributed by atoms with Crippen LogP contribution >= 0.6 is 0 Å². The molecule has 5 heteroatoms. The summed E-state index contributed by atoms with van der Waals surface area (Å²) in [6.45, 7) is 2.09. The largest absolute Gasteiger partial charge is 0.492 e. The number of benzene rings is 2. The zero-order valence-corrected chi connectivity index (χ0v) is 13.5. The topological polar surface area (TPSA) is 55.6 Å². The van der Waals surface area contributed by atoms with Crippen molar-refractivity contribution in [2.75, 3.05) is 13.2 Å². The van der Waals surface area contributed by atoms with Gasteiger partial charge < -0.3 is 10.5 Å². The molecule has 0 spiro atoms. The molecule has 1 amide bonds. The summed E-state index contributed by atoms with van der Waals surface area (Å²) in [5.74, 6) is -0.151. The van der Waals surface area contributed by atoms with Gasteiger partial charge in [-0.25, -0.2) is 4.39 Å². The van der Waals surface area contributed by atoms with E-state index in [2.05, 4.69) is 4.90 Å². The molecule has 2 aromatic carbocycles. The second-order valence-corrected chi connectivity index (χ2v) is 6.07. The lowest BCUT2D eigenvalue weighted by molar-refractivity contribution is 0.100. The van der Waals surface area contributed by atoms with Gasteiger partial charge in [0.1, 0.15) is 18.2 Å². The fourth-order valence-electron chi connectivity index (χ4n) is 2.68. The lowest BCUT2D eigenvalue weighted by Gasteiger charge is -2.22. The number of amides is 1. The Hall–Kier alpha value is -2.40. The number of nitrogens with two attached hydrogens (primary N) is 1. The third-order valence-electron chi connectivity index (χ3n) is 4.13. The number of hydrogen-bond donors (Lipinski definition) is 1. The van der Waals surface area contributed by atoms with Crippen LogP contribution in [0.4, 0.5) is 4.39 Å². The second kappa shape index (κ2) is 7.45. The van der Waals surface area contributed by atoms with Gasteiger partial charge in [0.05, 0.1) is 0 Å². The first-order valence-electron chi connectivity index (χ1n) is 8.13. The lowest BCUT2D eigenvalue weighted by atomic mass is 10.1. The van der Waals surface area contributed by atoms with Gasteiger partial charge in [-0.05, 0) is 42.7 Å². The number of primary amides is 1. The Labute approximate surface area is 141 Å². The Morgan fingerprint density at radius 3 is 2.58 bits per heavy atom. The van der Waals surface area contributed by atoms with E-state index in [9.17, 15) is 9.18 Å². The molecule has 24 heavy (non-hydrogen) atoms. The van der Waals surface area contributed by atoms with Crippen molar-refractivity contribution in [1.82, 2.24) is 4.90 Å². The van der Waals surface area contributed by atoms with Crippen LogP contribution in [0.1, 0.15) is 28.8 Å². The molecule has 0 atom stereocenters. The summed E-state index contributed by atoms with van der Waals surface area (Å²) < 4.78 is 18.8. The van der Waals surface area contributed by atoms with Crippen LogP contribution in [-0.4, -0.2) is 30.0 Å². The van der Waals surface area contributed by atoms with Crippen molar-refractivity contribution in [3.05, 3.63) is 65.5 Å². The van der Waals surface area contributed by atoms with Gasteiger partial charge >= 0.3 is 0 Å². The molecule has 0 radical (unpaired) electrons. The maximum atomic E-state index is 13.1. The molecule has 4 nitrogen and oxygen atoms in total. The summed E-state index contributed by atoms with van der Waals surface area (Å²) in [4.78, 5) is 13.5. The molecule has 0 unspecified atom stereocenters. The Morgan fingerprint density at radius 1 is 1.21 bits per heavy atom. The quantitative estimate of drug-likeness (QED) is 0.810. The van der Waals surface area contributed by atoms with Gasteiger partial charge in [-0.2, -0.15) is 0 Å². The van der Waals surface area contributed by atoms with E-state index in [-0.39, 0.29) is 5.82 Å². The van der Waals surface area contributed by atoms with Crippen LogP contribution < -0.4 is 10.5 Å². The molecule has 1 saturated carbocycles. The minimum absolute atomic E-state index is 0.291. The summed E-state index contributed by atoms with van der Waals surface area (Å²) in [5.41, 5.74) is 6.92. The van der Waals surface area contributed by atoms with E-state index in [4.69, 9.17) is 10.5 Å². The number of ether oxygens (including phenoxy) is 1. The smallest absolute Gasteiger partial charge is 0.248 e. The van der Waals surface area contributed by atoms with E-state index < -0.39 is 5.91 Å². The van der Waals surface area contributed by atoms with Crippen molar-refractivity contribution in [3.63, 3.8) is 0 Å². The highest BCUT2D eigenvalue weighted by Crippen LogP contribution is 2.28. The van der Waals surface area contributed by atoms with Gasteiger partial charge in [0.25, 0.3) is 0 Å². The van der Waals surface area contributed by atoms with E-state index in [1.54, 1.807) is 24.3 Å². The van der Waals surface area contributed by atoms with Gasteiger partial charge in [-0.1, -0.05) is 18.2 Å². The first-order chi connectivity index (χ1) is 11.6.